The van der Waals surface area contributed by atoms with Gasteiger partial charge in [-0.3, -0.25) is 24.0 Å². The van der Waals surface area contributed by atoms with E-state index in [1.54, 1.807) is 63.6 Å². The van der Waals surface area contributed by atoms with E-state index in [1.807, 2.05) is 59.7 Å². The van der Waals surface area contributed by atoms with Crippen LogP contribution >= 0.6 is 0 Å². The van der Waals surface area contributed by atoms with Crippen LogP contribution in [0, 0.1) is 23.7 Å². The summed E-state index contributed by atoms with van der Waals surface area (Å²) in [6.07, 6.45) is -0.974. The summed E-state index contributed by atoms with van der Waals surface area (Å²) in [6.45, 7) is 20.5. The van der Waals surface area contributed by atoms with Gasteiger partial charge >= 0.3 is 6.09 Å². The molecule has 0 unspecified atom stereocenters. The molecule has 16 nitrogen and oxygen atoms in total. The van der Waals surface area contributed by atoms with E-state index in [0.717, 1.165) is 6.42 Å². The predicted octanol–water partition coefficient (Wildman–Crippen LogP) is 4.68. The molecule has 10 atom stereocenters. The van der Waals surface area contributed by atoms with Crippen molar-refractivity contribution in [2.24, 2.45) is 23.7 Å². The zero-order valence-corrected chi connectivity index (χ0v) is 40.7. The summed E-state index contributed by atoms with van der Waals surface area (Å²) in [5.41, 5.74) is -0.00296. The number of nitrogens with zero attached hydrogens (tertiary/aromatic N) is 3. The van der Waals surface area contributed by atoms with Crippen LogP contribution in [0.3, 0.4) is 0 Å². The fourth-order valence-electron chi connectivity index (χ4n) is 8.49. The lowest BCUT2D eigenvalue weighted by atomic mass is 9.89. The average molecular weight is 889 g/mol. The van der Waals surface area contributed by atoms with E-state index in [-0.39, 0.29) is 60.8 Å². The van der Waals surface area contributed by atoms with E-state index in [2.05, 4.69) is 16.0 Å². The zero-order valence-electron chi connectivity index (χ0n) is 40.7. The van der Waals surface area contributed by atoms with Gasteiger partial charge in [-0.15, -0.1) is 0 Å². The number of benzene rings is 1. The Balaban J connectivity index is 2.24. The summed E-state index contributed by atoms with van der Waals surface area (Å²) in [7, 11) is 6.25. The highest BCUT2D eigenvalue weighted by Crippen LogP contribution is 2.30. The van der Waals surface area contributed by atoms with E-state index in [1.165, 1.54) is 26.2 Å². The number of nitrogens with one attached hydrogen (secondary N) is 3. The third-order valence-corrected chi connectivity index (χ3v) is 12.2. The SMILES string of the molecule is CC[C@H](C)[C@@H]([C@@H](CC(=O)N1CCC[C@H]1[C@H](OC)[C@@H](C)C(=O)N[C@H](C)[C@@H](O)c1ccccc1)OC)N(C)C(=O)[C@@H](NC(=O)[C@H](C(C)C)N(C)C(=O)CCNC(=O)OC(C)(C)C)C(C)C. The van der Waals surface area contributed by atoms with Crippen LogP contribution in [0.2, 0.25) is 0 Å². The Morgan fingerprint density at radius 2 is 1.49 bits per heavy atom. The van der Waals surface area contributed by atoms with Crippen LogP contribution in [0.15, 0.2) is 30.3 Å². The number of ether oxygens (including phenoxy) is 3. The van der Waals surface area contributed by atoms with Crippen molar-refractivity contribution in [1.82, 2.24) is 30.7 Å². The Labute approximate surface area is 376 Å². The molecule has 1 heterocycles. The predicted molar refractivity (Wildman–Crippen MR) is 242 cm³/mol. The second-order valence-electron chi connectivity index (χ2n) is 18.8. The van der Waals surface area contributed by atoms with Gasteiger partial charge in [0.2, 0.25) is 29.5 Å². The molecule has 0 radical (unpaired) electrons. The van der Waals surface area contributed by atoms with Gasteiger partial charge in [0.1, 0.15) is 17.7 Å². The van der Waals surface area contributed by atoms with Crippen molar-refractivity contribution in [3.05, 3.63) is 35.9 Å². The molecular formula is C47H80N6O10. The lowest BCUT2D eigenvalue weighted by Gasteiger charge is -2.41. The number of amides is 6. The summed E-state index contributed by atoms with van der Waals surface area (Å²) in [4.78, 5) is 86.4. The van der Waals surface area contributed by atoms with Gasteiger partial charge in [-0.2, -0.15) is 0 Å². The number of likely N-dealkylation sites (N-methyl/N-ethyl adjacent to an activating group) is 2. The third kappa shape index (κ3) is 15.7. The van der Waals surface area contributed by atoms with Crippen LogP contribution in [-0.4, -0.2) is 145 Å². The van der Waals surface area contributed by atoms with E-state index >= 15 is 0 Å². The van der Waals surface area contributed by atoms with Gasteiger partial charge in [-0.25, -0.2) is 4.79 Å². The number of rotatable bonds is 23. The van der Waals surface area contributed by atoms with Crippen molar-refractivity contribution in [2.75, 3.05) is 41.4 Å². The summed E-state index contributed by atoms with van der Waals surface area (Å²) >= 11 is 0. The van der Waals surface area contributed by atoms with Gasteiger partial charge in [0.15, 0.2) is 0 Å². The second kappa shape index (κ2) is 25.3. The number of hydrogen-bond donors (Lipinski definition) is 4. The quantitative estimate of drug-likeness (QED) is 0.120. The molecule has 358 valence electrons. The van der Waals surface area contributed by atoms with Gasteiger partial charge in [0.25, 0.3) is 0 Å². The van der Waals surface area contributed by atoms with Crippen molar-refractivity contribution in [3.8, 4) is 0 Å². The lowest BCUT2D eigenvalue weighted by Crippen LogP contribution is -2.60. The molecule has 1 fully saturated rings. The highest BCUT2D eigenvalue weighted by atomic mass is 16.6. The Hall–Kier alpha value is -4.28. The largest absolute Gasteiger partial charge is 0.444 e. The molecule has 0 aliphatic carbocycles. The number of alkyl carbamates (subject to hydrolysis) is 1. The Bertz CT molecular complexity index is 1640. The van der Waals surface area contributed by atoms with E-state index < -0.39 is 72.0 Å². The van der Waals surface area contributed by atoms with Crippen LogP contribution in [0.25, 0.3) is 0 Å². The van der Waals surface area contributed by atoms with Crippen molar-refractivity contribution in [1.29, 1.82) is 0 Å². The third-order valence-electron chi connectivity index (χ3n) is 12.2. The molecule has 6 amide bonds. The van der Waals surface area contributed by atoms with E-state index in [9.17, 15) is 33.9 Å². The van der Waals surface area contributed by atoms with Crippen molar-refractivity contribution in [3.63, 3.8) is 0 Å². The van der Waals surface area contributed by atoms with Crippen LogP contribution < -0.4 is 16.0 Å². The van der Waals surface area contributed by atoms with Crippen molar-refractivity contribution in [2.45, 2.75) is 162 Å². The first-order chi connectivity index (χ1) is 29.4. The smallest absolute Gasteiger partial charge is 0.407 e. The summed E-state index contributed by atoms with van der Waals surface area (Å²) in [6, 6.07) is 5.73. The molecular weight excluding hydrogens is 809 g/mol. The Morgan fingerprint density at radius 3 is 2.02 bits per heavy atom. The van der Waals surface area contributed by atoms with Crippen LogP contribution in [0.4, 0.5) is 4.79 Å². The molecule has 1 aliphatic rings. The number of carbonyl (C=O) groups excluding carboxylic acids is 6. The highest BCUT2D eigenvalue weighted by Gasteiger charge is 2.43. The fourth-order valence-corrected chi connectivity index (χ4v) is 8.49. The van der Waals surface area contributed by atoms with Crippen molar-refractivity contribution < 1.29 is 48.1 Å². The molecule has 1 aromatic rings. The van der Waals surface area contributed by atoms with Crippen LogP contribution in [0.1, 0.15) is 120 Å². The van der Waals surface area contributed by atoms with Gasteiger partial charge in [-0.05, 0) is 63.9 Å². The maximum absolute atomic E-state index is 14.5. The molecule has 2 rings (SSSR count). The first-order valence-corrected chi connectivity index (χ1v) is 22.6. The van der Waals surface area contributed by atoms with E-state index in [0.29, 0.717) is 24.9 Å². The Kier molecular flexibility index (Phi) is 22.0. The molecule has 1 aromatic carbocycles. The highest BCUT2D eigenvalue weighted by molar-refractivity contribution is 5.92. The summed E-state index contributed by atoms with van der Waals surface area (Å²) in [5, 5.41) is 19.3. The minimum Gasteiger partial charge on any atom is -0.444 e. The molecule has 16 heteroatoms. The van der Waals surface area contributed by atoms with Gasteiger partial charge in [0.05, 0.1) is 48.8 Å². The number of methoxy groups -OCH3 is 2. The summed E-state index contributed by atoms with van der Waals surface area (Å²) in [5.74, 6) is -3.11. The molecule has 0 aromatic heterocycles. The number of hydrogen-bond acceptors (Lipinski definition) is 10. The van der Waals surface area contributed by atoms with Crippen LogP contribution in [0.5, 0.6) is 0 Å². The minimum atomic E-state index is -0.963. The second-order valence-corrected chi connectivity index (χ2v) is 18.8. The van der Waals surface area contributed by atoms with Crippen molar-refractivity contribution >= 4 is 35.6 Å². The van der Waals surface area contributed by atoms with E-state index in [4.69, 9.17) is 14.2 Å². The lowest BCUT2D eigenvalue weighted by molar-refractivity contribution is -0.148. The first kappa shape index (κ1) is 54.9. The zero-order chi connectivity index (χ0) is 47.9. The monoisotopic (exact) mass is 889 g/mol. The van der Waals surface area contributed by atoms with Crippen LogP contribution in [-0.2, 0) is 38.2 Å². The first-order valence-electron chi connectivity index (χ1n) is 22.6. The molecule has 4 N–H and O–H groups in total. The van der Waals surface area contributed by atoms with Gasteiger partial charge < -0.3 is 50.0 Å². The topological polar surface area (TPSA) is 196 Å². The van der Waals surface area contributed by atoms with Gasteiger partial charge in [0, 0.05) is 47.8 Å². The molecule has 1 saturated heterocycles. The van der Waals surface area contributed by atoms with Gasteiger partial charge in [-0.1, -0.05) is 85.2 Å². The summed E-state index contributed by atoms with van der Waals surface area (Å²) < 4.78 is 17.2. The number of aliphatic hydroxyl groups excluding tert-OH is 1. The molecule has 0 bridgehead atoms. The normalized spacial score (nSPS) is 18.6. The molecule has 1 aliphatic heterocycles. The fraction of sp³-hybridized carbons (Fsp3) is 0.745. The Morgan fingerprint density at radius 1 is 0.873 bits per heavy atom. The molecule has 0 saturated carbocycles. The molecule has 0 spiro atoms. The maximum Gasteiger partial charge on any atom is 0.407 e. The maximum atomic E-state index is 14.5. The standard InChI is InChI=1S/C47H80N6O10/c1-16-30(6)40(52(13)45(59)38(28(2)3)50-44(58)39(29(4)5)51(12)36(54)24-25-48-46(60)63-47(9,10)11)35(61-14)27-37(55)53-26-20-23-34(53)42(62-15)31(7)43(57)49-32(8)41(56)33-21-18-17-19-22-33/h17-19,21-22,28-32,34-35,38-42,56H,16,20,23-27H2,1-15H3,(H,48,60)(H,49,57)(H,50,58)/t30-,31+,32+,34-,35+,38-,39-,40-,41+,42+/m0/s1. The molecule has 63 heavy (non-hydrogen) atoms. The number of aliphatic hydroxyl groups is 1. The average Bonchev–Trinajstić information content (AvgIpc) is 3.71. The number of carbonyl (C=O) groups is 6. The number of likely N-dealkylation sites (tertiary alicyclic amines) is 1. The minimum absolute atomic E-state index is 0.0188.